The maximum absolute atomic E-state index is 12.6. The number of carboxylic acids is 1. The number of amides is 1. The summed E-state index contributed by atoms with van der Waals surface area (Å²) in [6, 6.07) is 12.5. The molecule has 0 radical (unpaired) electrons. The summed E-state index contributed by atoms with van der Waals surface area (Å²) in [7, 11) is 3.10. The highest BCUT2D eigenvalue weighted by Crippen LogP contribution is 2.40. The van der Waals surface area contributed by atoms with Gasteiger partial charge >= 0.3 is 5.97 Å². The quantitative estimate of drug-likeness (QED) is 0.353. The summed E-state index contributed by atoms with van der Waals surface area (Å²) in [5.74, 6) is -0.0771. The van der Waals surface area contributed by atoms with E-state index in [-0.39, 0.29) is 17.5 Å². The summed E-state index contributed by atoms with van der Waals surface area (Å²) in [6.45, 7) is 10.7. The molecule has 0 saturated heterocycles. The van der Waals surface area contributed by atoms with Crippen LogP contribution in [0, 0.1) is 0 Å². The van der Waals surface area contributed by atoms with Gasteiger partial charge in [0.05, 0.1) is 31.2 Å². The average molecular weight is 509 g/mol. The van der Waals surface area contributed by atoms with Gasteiger partial charge in [0.2, 0.25) is 5.91 Å². The van der Waals surface area contributed by atoms with Crippen molar-refractivity contribution in [2.24, 2.45) is 0 Å². The van der Waals surface area contributed by atoms with Crippen LogP contribution in [-0.2, 0) is 4.79 Å². The molecule has 0 bridgehead atoms. The van der Waals surface area contributed by atoms with Crippen LogP contribution >= 0.6 is 0 Å². The zero-order chi connectivity index (χ0) is 27.1. The number of nitrogens with zero attached hydrogens (tertiary/aromatic N) is 3. The third-order valence-electron chi connectivity index (χ3n) is 6.32. The molecule has 1 heterocycles. The average Bonchev–Trinajstić information content (AvgIpc) is 3.33. The van der Waals surface area contributed by atoms with Crippen molar-refractivity contribution in [3.8, 4) is 28.4 Å². The Labute approximate surface area is 218 Å². The summed E-state index contributed by atoms with van der Waals surface area (Å²) in [4.78, 5) is 26.7. The van der Waals surface area contributed by atoms with Crippen molar-refractivity contribution in [3.63, 3.8) is 0 Å². The molecule has 37 heavy (non-hydrogen) atoms. The standard InChI is InChI=1S/C28H36N4O5/c1-7-31(8-2)15-14-26(33)29-19-12-13-22(20(16-19)18(3)4)32-23(17-21(30-32)28(34)35)27-24(36-5)10-9-11-25(27)37-6/h9-13,16-18H,7-8,14-15H2,1-6H3,(H,29,33)(H,34,35). The van der Waals surface area contributed by atoms with Gasteiger partial charge in [-0.25, -0.2) is 9.48 Å². The minimum atomic E-state index is -1.14. The van der Waals surface area contributed by atoms with E-state index in [4.69, 9.17) is 9.47 Å². The first-order chi connectivity index (χ1) is 17.7. The summed E-state index contributed by atoms with van der Waals surface area (Å²) in [5.41, 5.74) is 3.29. The van der Waals surface area contributed by atoms with Crippen molar-refractivity contribution in [3.05, 3.63) is 53.7 Å². The Morgan fingerprint density at radius 3 is 2.24 bits per heavy atom. The van der Waals surface area contributed by atoms with Gasteiger partial charge in [0.15, 0.2) is 5.69 Å². The van der Waals surface area contributed by atoms with Gasteiger partial charge in [-0.15, -0.1) is 0 Å². The molecule has 1 amide bonds. The lowest BCUT2D eigenvalue weighted by molar-refractivity contribution is -0.116. The molecule has 3 aromatic rings. The highest BCUT2D eigenvalue weighted by atomic mass is 16.5. The number of hydrogen-bond donors (Lipinski definition) is 2. The van der Waals surface area contributed by atoms with E-state index in [9.17, 15) is 14.7 Å². The van der Waals surface area contributed by atoms with Crippen LogP contribution in [0.15, 0.2) is 42.5 Å². The van der Waals surface area contributed by atoms with Gasteiger partial charge in [-0.2, -0.15) is 5.10 Å². The Morgan fingerprint density at radius 1 is 1.05 bits per heavy atom. The van der Waals surface area contributed by atoms with Crippen LogP contribution < -0.4 is 14.8 Å². The number of methoxy groups -OCH3 is 2. The Bertz CT molecular complexity index is 1230. The number of rotatable bonds is 12. The predicted molar refractivity (Wildman–Crippen MR) is 144 cm³/mol. The minimum Gasteiger partial charge on any atom is -0.496 e. The fraction of sp³-hybridized carbons (Fsp3) is 0.393. The molecule has 0 atom stereocenters. The molecule has 198 valence electrons. The molecular formula is C28H36N4O5. The van der Waals surface area contributed by atoms with Gasteiger partial charge in [0.1, 0.15) is 11.5 Å². The van der Waals surface area contributed by atoms with Crippen LogP contribution in [0.3, 0.4) is 0 Å². The molecule has 0 aliphatic carbocycles. The smallest absolute Gasteiger partial charge is 0.356 e. The Hall–Kier alpha value is -3.85. The number of carbonyl (C=O) groups is 2. The molecule has 0 saturated carbocycles. The Balaban J connectivity index is 2.07. The van der Waals surface area contributed by atoms with E-state index in [2.05, 4.69) is 29.2 Å². The van der Waals surface area contributed by atoms with Crippen molar-refractivity contribution in [2.45, 2.75) is 40.0 Å². The second-order valence-electron chi connectivity index (χ2n) is 8.92. The van der Waals surface area contributed by atoms with E-state index < -0.39 is 5.97 Å². The third-order valence-corrected chi connectivity index (χ3v) is 6.32. The third kappa shape index (κ3) is 6.29. The van der Waals surface area contributed by atoms with Gasteiger partial charge in [-0.05, 0) is 61.0 Å². The maximum Gasteiger partial charge on any atom is 0.356 e. The highest BCUT2D eigenvalue weighted by molar-refractivity contribution is 5.91. The molecule has 2 N–H and O–H groups in total. The second-order valence-corrected chi connectivity index (χ2v) is 8.92. The van der Waals surface area contributed by atoms with Gasteiger partial charge in [0, 0.05) is 18.7 Å². The van der Waals surface area contributed by atoms with Crippen LogP contribution in [0.2, 0.25) is 0 Å². The molecule has 0 fully saturated rings. The van der Waals surface area contributed by atoms with Gasteiger partial charge in [-0.3, -0.25) is 4.79 Å². The van der Waals surface area contributed by atoms with Gasteiger partial charge < -0.3 is 24.8 Å². The number of aromatic nitrogens is 2. The molecule has 9 heteroatoms. The molecule has 1 aromatic heterocycles. The first-order valence-electron chi connectivity index (χ1n) is 12.4. The SMILES string of the molecule is CCN(CC)CCC(=O)Nc1ccc(-n2nc(C(=O)O)cc2-c2c(OC)cccc2OC)c(C(C)C)c1. The topological polar surface area (TPSA) is 106 Å². The van der Waals surface area contributed by atoms with Crippen molar-refractivity contribution in [1.29, 1.82) is 0 Å². The van der Waals surface area contributed by atoms with Crippen LogP contribution in [0.5, 0.6) is 11.5 Å². The number of carboxylic acid groups (broad SMARTS) is 1. The van der Waals surface area contributed by atoms with Crippen LogP contribution in [0.1, 0.15) is 56.1 Å². The first kappa shape index (κ1) is 27.7. The minimum absolute atomic E-state index is 0.0546. The lowest BCUT2D eigenvalue weighted by atomic mass is 9.99. The number of ether oxygens (including phenoxy) is 2. The maximum atomic E-state index is 12.6. The summed E-state index contributed by atoms with van der Waals surface area (Å²) in [6.07, 6.45) is 0.402. The Kier molecular flexibility index (Phi) is 9.30. The lowest BCUT2D eigenvalue weighted by Gasteiger charge is -2.19. The first-order valence-corrected chi connectivity index (χ1v) is 12.4. The molecular weight excluding hydrogens is 472 g/mol. The highest BCUT2D eigenvalue weighted by Gasteiger charge is 2.24. The van der Waals surface area contributed by atoms with E-state index in [1.54, 1.807) is 37.1 Å². The molecule has 2 aromatic carbocycles. The summed E-state index contributed by atoms with van der Waals surface area (Å²) < 4.78 is 12.8. The van der Waals surface area contributed by atoms with Crippen LogP contribution in [0.25, 0.3) is 16.9 Å². The molecule has 3 rings (SSSR count). The fourth-order valence-electron chi connectivity index (χ4n) is 4.26. The summed E-state index contributed by atoms with van der Waals surface area (Å²) in [5, 5.41) is 17.1. The number of benzene rings is 2. The van der Waals surface area contributed by atoms with Gasteiger partial charge in [-0.1, -0.05) is 33.8 Å². The normalized spacial score (nSPS) is 11.1. The van der Waals surface area contributed by atoms with E-state index >= 15 is 0 Å². The monoisotopic (exact) mass is 508 g/mol. The molecule has 9 nitrogen and oxygen atoms in total. The number of hydrogen-bond acceptors (Lipinski definition) is 6. The summed E-state index contributed by atoms with van der Waals surface area (Å²) >= 11 is 0. The fourth-order valence-corrected chi connectivity index (χ4v) is 4.26. The van der Waals surface area contributed by atoms with E-state index in [0.717, 1.165) is 18.7 Å². The van der Waals surface area contributed by atoms with E-state index in [1.165, 1.54) is 6.07 Å². The van der Waals surface area contributed by atoms with Gasteiger partial charge in [0.25, 0.3) is 0 Å². The zero-order valence-corrected chi connectivity index (χ0v) is 22.4. The zero-order valence-electron chi connectivity index (χ0n) is 22.4. The van der Waals surface area contributed by atoms with Crippen molar-refractivity contribution in [1.82, 2.24) is 14.7 Å². The van der Waals surface area contributed by atoms with Crippen molar-refractivity contribution < 1.29 is 24.2 Å². The molecule has 0 aliphatic heterocycles. The molecule has 0 aliphatic rings. The number of carbonyl (C=O) groups excluding carboxylic acids is 1. The van der Waals surface area contributed by atoms with E-state index in [0.29, 0.717) is 47.1 Å². The van der Waals surface area contributed by atoms with Crippen molar-refractivity contribution in [2.75, 3.05) is 39.2 Å². The largest absolute Gasteiger partial charge is 0.496 e. The molecule has 0 unspecified atom stereocenters. The number of aromatic carboxylic acids is 1. The second kappa shape index (κ2) is 12.4. The Morgan fingerprint density at radius 2 is 1.70 bits per heavy atom. The lowest BCUT2D eigenvalue weighted by Crippen LogP contribution is -2.27. The number of nitrogens with one attached hydrogen (secondary N) is 1. The van der Waals surface area contributed by atoms with Crippen LogP contribution in [-0.4, -0.2) is 65.5 Å². The van der Waals surface area contributed by atoms with Crippen molar-refractivity contribution >= 4 is 17.6 Å². The van der Waals surface area contributed by atoms with Crippen LogP contribution in [0.4, 0.5) is 5.69 Å². The van der Waals surface area contributed by atoms with E-state index in [1.807, 2.05) is 32.0 Å². The molecule has 0 spiro atoms. The number of anilines is 1. The predicted octanol–water partition coefficient (Wildman–Crippen LogP) is 5.05.